The van der Waals surface area contributed by atoms with Gasteiger partial charge in [-0.2, -0.15) is 0 Å². The summed E-state index contributed by atoms with van der Waals surface area (Å²) in [5.41, 5.74) is 2.11. The smallest absolute Gasteiger partial charge is 0.337 e. The number of hydrogen-bond donors (Lipinski definition) is 1. The van der Waals surface area contributed by atoms with Crippen LogP contribution < -0.4 is 5.32 Å². The fraction of sp³-hybridized carbons (Fsp3) is 0.417. The third kappa shape index (κ3) is 6.35. The van der Waals surface area contributed by atoms with Crippen molar-refractivity contribution in [3.8, 4) is 0 Å². The first-order valence-electron chi connectivity index (χ1n) is 10.6. The summed E-state index contributed by atoms with van der Waals surface area (Å²) in [7, 11) is 1.35. The fourth-order valence-corrected chi connectivity index (χ4v) is 3.78. The van der Waals surface area contributed by atoms with Gasteiger partial charge in [0.2, 0.25) is 5.91 Å². The Morgan fingerprint density at radius 1 is 1.06 bits per heavy atom. The highest BCUT2D eigenvalue weighted by atomic mass is 19.1. The predicted octanol–water partition coefficient (Wildman–Crippen LogP) is 2.82. The topological polar surface area (TPSA) is 61.9 Å². The Kier molecular flexibility index (Phi) is 8.14. The summed E-state index contributed by atoms with van der Waals surface area (Å²) < 4.78 is 18.6. The molecule has 166 valence electrons. The van der Waals surface area contributed by atoms with Gasteiger partial charge in [-0.05, 0) is 43.7 Å². The molecule has 1 N–H and O–H groups in total. The lowest BCUT2D eigenvalue weighted by Gasteiger charge is -2.27. The minimum absolute atomic E-state index is 0.0281. The van der Waals surface area contributed by atoms with Crippen molar-refractivity contribution in [1.82, 2.24) is 15.1 Å². The van der Waals surface area contributed by atoms with Crippen LogP contribution in [-0.4, -0.2) is 61.0 Å². The third-order valence-electron chi connectivity index (χ3n) is 5.74. The number of rotatable bonds is 7. The molecule has 0 saturated carbocycles. The second-order valence-electron chi connectivity index (χ2n) is 7.84. The van der Waals surface area contributed by atoms with Crippen LogP contribution in [0.15, 0.2) is 48.5 Å². The van der Waals surface area contributed by atoms with Gasteiger partial charge in [0.1, 0.15) is 5.82 Å². The molecular formula is C24H30FN3O3. The highest BCUT2D eigenvalue weighted by molar-refractivity contribution is 5.89. The molecule has 0 unspecified atom stereocenters. The lowest BCUT2D eigenvalue weighted by atomic mass is 10.1. The quantitative estimate of drug-likeness (QED) is 0.689. The Bertz CT molecular complexity index is 888. The largest absolute Gasteiger partial charge is 0.465 e. The lowest BCUT2D eigenvalue weighted by Crippen LogP contribution is -2.46. The van der Waals surface area contributed by atoms with E-state index >= 15 is 0 Å². The summed E-state index contributed by atoms with van der Waals surface area (Å²) in [4.78, 5) is 28.6. The van der Waals surface area contributed by atoms with Crippen LogP contribution in [-0.2, 0) is 22.6 Å². The number of ether oxygens (including phenoxy) is 1. The van der Waals surface area contributed by atoms with Gasteiger partial charge < -0.3 is 10.1 Å². The van der Waals surface area contributed by atoms with Gasteiger partial charge in [-0.15, -0.1) is 0 Å². The summed E-state index contributed by atoms with van der Waals surface area (Å²) in [6.45, 7) is 6.17. The van der Waals surface area contributed by atoms with E-state index in [-0.39, 0.29) is 23.7 Å². The Labute approximate surface area is 183 Å². The molecule has 0 spiro atoms. The zero-order chi connectivity index (χ0) is 22.2. The van der Waals surface area contributed by atoms with E-state index in [0.29, 0.717) is 24.2 Å². The summed E-state index contributed by atoms with van der Waals surface area (Å²) >= 11 is 0. The van der Waals surface area contributed by atoms with Crippen LogP contribution in [0.25, 0.3) is 0 Å². The number of nitrogens with zero attached hydrogens (tertiary/aromatic N) is 2. The van der Waals surface area contributed by atoms with Crippen LogP contribution in [0.2, 0.25) is 0 Å². The highest BCUT2D eigenvalue weighted by Crippen LogP contribution is 2.14. The number of methoxy groups -OCH3 is 1. The van der Waals surface area contributed by atoms with Gasteiger partial charge in [-0.25, -0.2) is 9.18 Å². The second kappa shape index (κ2) is 11.0. The average Bonchev–Trinajstić information content (AvgIpc) is 3.04. The Balaban J connectivity index is 1.48. The first-order chi connectivity index (χ1) is 15.0. The van der Waals surface area contributed by atoms with Crippen molar-refractivity contribution in [3.05, 3.63) is 71.0 Å². The number of nitrogens with one attached hydrogen (secondary N) is 1. The summed E-state index contributed by atoms with van der Waals surface area (Å²) in [5, 5.41) is 2.98. The van der Waals surface area contributed by atoms with Crippen LogP contribution in [0.3, 0.4) is 0 Å². The van der Waals surface area contributed by atoms with E-state index in [9.17, 15) is 14.0 Å². The molecule has 0 aromatic heterocycles. The van der Waals surface area contributed by atoms with Crippen molar-refractivity contribution in [2.45, 2.75) is 32.5 Å². The molecular weight excluding hydrogens is 397 g/mol. The Morgan fingerprint density at radius 3 is 2.52 bits per heavy atom. The maximum absolute atomic E-state index is 13.9. The van der Waals surface area contributed by atoms with E-state index in [0.717, 1.165) is 38.2 Å². The highest BCUT2D eigenvalue weighted by Gasteiger charge is 2.24. The van der Waals surface area contributed by atoms with E-state index in [2.05, 4.69) is 15.1 Å². The van der Waals surface area contributed by atoms with Crippen molar-refractivity contribution in [1.29, 1.82) is 0 Å². The van der Waals surface area contributed by atoms with Gasteiger partial charge >= 0.3 is 5.97 Å². The lowest BCUT2D eigenvalue weighted by molar-refractivity contribution is -0.126. The summed E-state index contributed by atoms with van der Waals surface area (Å²) in [6, 6.07) is 13.6. The SMILES string of the molecule is COC(=O)c1ccc(CNC(=O)[C@@H](C)N2CCCN(Cc3ccccc3F)CC2)cc1. The standard InChI is InChI=1S/C24H30FN3O3/c1-18(23(29)26-16-19-8-10-20(11-9-19)24(30)31-2)28-13-5-12-27(14-15-28)17-21-6-3-4-7-22(21)25/h3-4,6-11,18H,5,12-17H2,1-2H3,(H,26,29)/t18-/m1/s1. The minimum Gasteiger partial charge on any atom is -0.465 e. The monoisotopic (exact) mass is 427 g/mol. The van der Waals surface area contributed by atoms with Gasteiger partial charge in [0.25, 0.3) is 0 Å². The van der Waals surface area contributed by atoms with Gasteiger partial charge in [0.05, 0.1) is 18.7 Å². The van der Waals surface area contributed by atoms with Gasteiger partial charge in [-0.3, -0.25) is 14.6 Å². The van der Waals surface area contributed by atoms with E-state index < -0.39 is 0 Å². The summed E-state index contributed by atoms with van der Waals surface area (Å²) in [5.74, 6) is -0.579. The molecule has 3 rings (SSSR count). The van der Waals surface area contributed by atoms with Crippen molar-refractivity contribution < 1.29 is 18.7 Å². The molecule has 1 atom stereocenters. The first kappa shape index (κ1) is 22.9. The van der Waals surface area contributed by atoms with Crippen LogP contribution in [0.4, 0.5) is 4.39 Å². The number of amides is 1. The van der Waals surface area contributed by atoms with Crippen molar-refractivity contribution in [3.63, 3.8) is 0 Å². The average molecular weight is 428 g/mol. The molecule has 2 aromatic carbocycles. The molecule has 1 aliphatic heterocycles. The van der Waals surface area contributed by atoms with Crippen LogP contribution >= 0.6 is 0 Å². The first-order valence-corrected chi connectivity index (χ1v) is 10.6. The van der Waals surface area contributed by atoms with Crippen molar-refractivity contribution in [2.24, 2.45) is 0 Å². The number of hydrogen-bond acceptors (Lipinski definition) is 5. The Morgan fingerprint density at radius 2 is 1.81 bits per heavy atom. The third-order valence-corrected chi connectivity index (χ3v) is 5.74. The minimum atomic E-state index is -0.380. The molecule has 1 heterocycles. The molecule has 0 aliphatic carbocycles. The molecule has 7 heteroatoms. The second-order valence-corrected chi connectivity index (χ2v) is 7.84. The molecule has 0 radical (unpaired) electrons. The number of benzene rings is 2. The fourth-order valence-electron chi connectivity index (χ4n) is 3.78. The summed E-state index contributed by atoms with van der Waals surface area (Å²) in [6.07, 6.45) is 0.932. The molecule has 1 saturated heterocycles. The molecule has 2 aromatic rings. The van der Waals surface area contributed by atoms with E-state index in [1.807, 2.05) is 31.2 Å². The van der Waals surface area contributed by atoms with Gasteiger partial charge in [0, 0.05) is 38.3 Å². The van der Waals surface area contributed by atoms with Gasteiger partial charge in [0.15, 0.2) is 0 Å². The zero-order valence-corrected chi connectivity index (χ0v) is 18.1. The van der Waals surface area contributed by atoms with Crippen molar-refractivity contribution >= 4 is 11.9 Å². The van der Waals surface area contributed by atoms with Crippen LogP contribution in [0.5, 0.6) is 0 Å². The predicted molar refractivity (Wildman–Crippen MR) is 117 cm³/mol. The number of esters is 1. The molecule has 31 heavy (non-hydrogen) atoms. The number of halogens is 1. The molecule has 1 fully saturated rings. The molecule has 0 bridgehead atoms. The molecule has 1 amide bonds. The van der Waals surface area contributed by atoms with E-state index in [1.54, 1.807) is 18.2 Å². The number of carbonyl (C=O) groups excluding carboxylic acids is 2. The maximum atomic E-state index is 13.9. The van der Waals surface area contributed by atoms with Gasteiger partial charge in [-0.1, -0.05) is 30.3 Å². The van der Waals surface area contributed by atoms with Crippen LogP contribution in [0, 0.1) is 5.82 Å². The zero-order valence-electron chi connectivity index (χ0n) is 18.1. The molecule has 6 nitrogen and oxygen atoms in total. The number of carbonyl (C=O) groups is 2. The normalized spacial score (nSPS) is 16.4. The maximum Gasteiger partial charge on any atom is 0.337 e. The van der Waals surface area contributed by atoms with E-state index in [1.165, 1.54) is 13.2 Å². The van der Waals surface area contributed by atoms with Crippen molar-refractivity contribution in [2.75, 3.05) is 33.3 Å². The molecule has 1 aliphatic rings. The van der Waals surface area contributed by atoms with E-state index in [4.69, 9.17) is 4.74 Å². The van der Waals surface area contributed by atoms with Crippen LogP contribution in [0.1, 0.15) is 34.8 Å². The Hall–Kier alpha value is -2.77.